The Morgan fingerprint density at radius 2 is 1.96 bits per heavy atom. The Bertz CT molecular complexity index is 706. The van der Waals surface area contributed by atoms with Gasteiger partial charge in [0.05, 0.1) is 12.7 Å². The summed E-state index contributed by atoms with van der Waals surface area (Å²) in [5.41, 5.74) is 2.44. The standard InChI is InChI=1S/C18H18O5/c1-12-5-3-4-6-13(12)11-23-18(19)14-9-15(20-2)17-16(10-14)21-7-8-22-17/h3-6,9-10H,7-8,11H2,1-2H3. The van der Waals surface area contributed by atoms with E-state index in [2.05, 4.69) is 0 Å². The Morgan fingerprint density at radius 3 is 2.74 bits per heavy atom. The lowest BCUT2D eigenvalue weighted by Gasteiger charge is -2.21. The third-order valence-electron chi connectivity index (χ3n) is 3.68. The summed E-state index contributed by atoms with van der Waals surface area (Å²) in [6.07, 6.45) is 0. The van der Waals surface area contributed by atoms with Crippen molar-refractivity contribution in [2.45, 2.75) is 13.5 Å². The quantitative estimate of drug-likeness (QED) is 0.812. The van der Waals surface area contributed by atoms with Crippen LogP contribution < -0.4 is 14.2 Å². The summed E-state index contributed by atoms with van der Waals surface area (Å²) in [5, 5.41) is 0. The van der Waals surface area contributed by atoms with Crippen LogP contribution in [0, 0.1) is 6.92 Å². The molecule has 0 bridgehead atoms. The molecular weight excluding hydrogens is 296 g/mol. The molecule has 5 nitrogen and oxygen atoms in total. The molecule has 0 unspecified atom stereocenters. The Hall–Kier alpha value is -2.69. The number of hydrogen-bond donors (Lipinski definition) is 0. The van der Waals surface area contributed by atoms with Gasteiger partial charge in [-0.15, -0.1) is 0 Å². The van der Waals surface area contributed by atoms with E-state index in [1.165, 1.54) is 7.11 Å². The monoisotopic (exact) mass is 314 g/mol. The van der Waals surface area contributed by atoms with Crippen LogP contribution in [-0.2, 0) is 11.3 Å². The molecule has 1 aliphatic rings. The number of aryl methyl sites for hydroxylation is 1. The highest BCUT2D eigenvalue weighted by Gasteiger charge is 2.21. The summed E-state index contributed by atoms with van der Waals surface area (Å²) < 4.78 is 21.7. The summed E-state index contributed by atoms with van der Waals surface area (Å²) in [4.78, 5) is 12.3. The maximum Gasteiger partial charge on any atom is 0.338 e. The van der Waals surface area contributed by atoms with E-state index in [1.54, 1.807) is 12.1 Å². The topological polar surface area (TPSA) is 54.0 Å². The van der Waals surface area contributed by atoms with Crippen molar-refractivity contribution in [2.24, 2.45) is 0 Å². The molecule has 0 atom stereocenters. The Labute approximate surface area is 134 Å². The van der Waals surface area contributed by atoms with Crippen LogP contribution in [0.1, 0.15) is 21.5 Å². The van der Waals surface area contributed by atoms with Gasteiger partial charge in [-0.2, -0.15) is 0 Å². The predicted octanol–water partition coefficient (Wildman–Crippen LogP) is 3.13. The highest BCUT2D eigenvalue weighted by Crippen LogP contribution is 2.40. The number of hydrogen-bond acceptors (Lipinski definition) is 5. The molecule has 120 valence electrons. The second-order valence-corrected chi connectivity index (χ2v) is 5.21. The number of fused-ring (bicyclic) bond motifs is 1. The molecule has 0 aromatic heterocycles. The molecule has 0 spiro atoms. The van der Waals surface area contributed by atoms with Gasteiger partial charge < -0.3 is 18.9 Å². The van der Waals surface area contributed by atoms with Crippen LogP contribution in [0.25, 0.3) is 0 Å². The molecule has 1 heterocycles. The van der Waals surface area contributed by atoms with E-state index in [-0.39, 0.29) is 6.61 Å². The van der Waals surface area contributed by atoms with Crippen LogP contribution in [0.15, 0.2) is 36.4 Å². The number of benzene rings is 2. The molecule has 0 fully saturated rings. The fraction of sp³-hybridized carbons (Fsp3) is 0.278. The smallest absolute Gasteiger partial charge is 0.338 e. The highest BCUT2D eigenvalue weighted by atomic mass is 16.6. The Balaban J connectivity index is 1.78. The lowest BCUT2D eigenvalue weighted by Crippen LogP contribution is -2.17. The summed E-state index contributed by atoms with van der Waals surface area (Å²) >= 11 is 0. The molecule has 0 radical (unpaired) electrons. The lowest BCUT2D eigenvalue weighted by molar-refractivity contribution is 0.0470. The highest BCUT2D eigenvalue weighted by molar-refractivity contribution is 5.91. The second kappa shape index (κ2) is 6.60. The Kier molecular flexibility index (Phi) is 4.37. The normalized spacial score (nSPS) is 12.6. The number of rotatable bonds is 4. The molecule has 0 saturated carbocycles. The molecule has 23 heavy (non-hydrogen) atoms. The molecule has 2 aromatic rings. The van der Waals surface area contributed by atoms with Crippen molar-refractivity contribution in [1.29, 1.82) is 0 Å². The van der Waals surface area contributed by atoms with Crippen LogP contribution in [0.2, 0.25) is 0 Å². The minimum atomic E-state index is -0.427. The van der Waals surface area contributed by atoms with E-state index in [0.29, 0.717) is 36.0 Å². The predicted molar refractivity (Wildman–Crippen MR) is 84.3 cm³/mol. The van der Waals surface area contributed by atoms with Gasteiger partial charge in [-0.1, -0.05) is 24.3 Å². The van der Waals surface area contributed by atoms with Crippen LogP contribution in [0.5, 0.6) is 17.2 Å². The van der Waals surface area contributed by atoms with Crippen LogP contribution in [0.3, 0.4) is 0 Å². The molecule has 0 N–H and O–H groups in total. The average Bonchev–Trinajstić information content (AvgIpc) is 2.59. The number of methoxy groups -OCH3 is 1. The second-order valence-electron chi connectivity index (χ2n) is 5.21. The van der Waals surface area contributed by atoms with E-state index in [1.807, 2.05) is 31.2 Å². The van der Waals surface area contributed by atoms with E-state index in [0.717, 1.165) is 11.1 Å². The Morgan fingerprint density at radius 1 is 1.17 bits per heavy atom. The van der Waals surface area contributed by atoms with Crippen molar-refractivity contribution in [3.8, 4) is 17.2 Å². The zero-order valence-corrected chi connectivity index (χ0v) is 13.1. The molecule has 0 aliphatic carbocycles. The van der Waals surface area contributed by atoms with Crippen molar-refractivity contribution >= 4 is 5.97 Å². The summed E-state index contributed by atoms with van der Waals surface area (Å²) in [6, 6.07) is 11.0. The van der Waals surface area contributed by atoms with Crippen molar-refractivity contribution in [1.82, 2.24) is 0 Å². The van der Waals surface area contributed by atoms with E-state index >= 15 is 0 Å². The molecule has 2 aromatic carbocycles. The van der Waals surface area contributed by atoms with Gasteiger partial charge in [0.2, 0.25) is 5.75 Å². The van der Waals surface area contributed by atoms with Crippen LogP contribution >= 0.6 is 0 Å². The number of carbonyl (C=O) groups is 1. The van der Waals surface area contributed by atoms with Gasteiger partial charge in [0.25, 0.3) is 0 Å². The van der Waals surface area contributed by atoms with E-state index in [4.69, 9.17) is 18.9 Å². The van der Waals surface area contributed by atoms with Gasteiger partial charge >= 0.3 is 5.97 Å². The largest absolute Gasteiger partial charge is 0.493 e. The molecule has 0 amide bonds. The molecular formula is C18H18O5. The fourth-order valence-corrected chi connectivity index (χ4v) is 2.39. The molecule has 1 aliphatic heterocycles. The summed E-state index contributed by atoms with van der Waals surface area (Å²) in [7, 11) is 1.52. The SMILES string of the molecule is COc1cc(C(=O)OCc2ccccc2C)cc2c1OCCO2. The maximum absolute atomic E-state index is 12.3. The van der Waals surface area contributed by atoms with Crippen molar-refractivity contribution < 1.29 is 23.7 Å². The minimum Gasteiger partial charge on any atom is -0.493 e. The van der Waals surface area contributed by atoms with Gasteiger partial charge in [0.1, 0.15) is 19.8 Å². The third kappa shape index (κ3) is 3.23. The van der Waals surface area contributed by atoms with Gasteiger partial charge in [-0.25, -0.2) is 4.79 Å². The first kappa shape index (κ1) is 15.2. The minimum absolute atomic E-state index is 0.224. The van der Waals surface area contributed by atoms with Crippen molar-refractivity contribution in [3.05, 3.63) is 53.1 Å². The van der Waals surface area contributed by atoms with Crippen molar-refractivity contribution in [2.75, 3.05) is 20.3 Å². The van der Waals surface area contributed by atoms with Crippen molar-refractivity contribution in [3.63, 3.8) is 0 Å². The number of carbonyl (C=O) groups excluding carboxylic acids is 1. The fourth-order valence-electron chi connectivity index (χ4n) is 2.39. The zero-order chi connectivity index (χ0) is 16.2. The van der Waals surface area contributed by atoms with Crippen LogP contribution in [0.4, 0.5) is 0 Å². The number of esters is 1. The zero-order valence-electron chi connectivity index (χ0n) is 13.1. The number of ether oxygens (including phenoxy) is 4. The maximum atomic E-state index is 12.3. The summed E-state index contributed by atoms with van der Waals surface area (Å²) in [5.74, 6) is 1.06. The lowest BCUT2D eigenvalue weighted by atomic mass is 10.1. The van der Waals surface area contributed by atoms with Gasteiger partial charge in [-0.05, 0) is 30.2 Å². The first-order valence-electron chi connectivity index (χ1n) is 7.38. The van der Waals surface area contributed by atoms with Crippen LogP contribution in [-0.4, -0.2) is 26.3 Å². The van der Waals surface area contributed by atoms with Gasteiger partial charge in [0, 0.05) is 0 Å². The first-order valence-corrected chi connectivity index (χ1v) is 7.38. The molecule has 0 saturated heterocycles. The summed E-state index contributed by atoms with van der Waals surface area (Å²) in [6.45, 7) is 3.11. The van der Waals surface area contributed by atoms with Gasteiger partial charge in [0.15, 0.2) is 11.5 Å². The van der Waals surface area contributed by atoms with Gasteiger partial charge in [-0.3, -0.25) is 0 Å². The third-order valence-corrected chi connectivity index (χ3v) is 3.68. The first-order chi connectivity index (χ1) is 11.2. The average molecular weight is 314 g/mol. The van der Waals surface area contributed by atoms with E-state index in [9.17, 15) is 4.79 Å². The molecule has 5 heteroatoms. The molecule has 3 rings (SSSR count). The van der Waals surface area contributed by atoms with E-state index < -0.39 is 5.97 Å².